The summed E-state index contributed by atoms with van der Waals surface area (Å²) in [6, 6.07) is 0. The maximum absolute atomic E-state index is 9.63. The lowest BCUT2D eigenvalue weighted by Gasteiger charge is -2.39. The molecule has 1 saturated heterocycles. The summed E-state index contributed by atoms with van der Waals surface area (Å²) in [4.78, 5) is 0. The molecule has 1 aliphatic heterocycles. The second kappa shape index (κ2) is 5.47. The number of aliphatic hydroxyl groups is 4. The molecule has 1 aliphatic rings. The summed E-state index contributed by atoms with van der Waals surface area (Å²) in [5, 5.41) is 37.1. The van der Waals surface area contributed by atoms with Crippen LogP contribution in [-0.2, 0) is 4.74 Å². The molecule has 1 heterocycles. The zero-order chi connectivity index (χ0) is 11.6. The maximum atomic E-state index is 9.63. The lowest BCUT2D eigenvalue weighted by Crippen LogP contribution is -2.55. The van der Waals surface area contributed by atoms with Crippen molar-refractivity contribution >= 4 is 11.8 Å². The summed E-state index contributed by atoms with van der Waals surface area (Å²) in [6.45, 7) is 3.38. The van der Waals surface area contributed by atoms with Crippen LogP contribution in [0.2, 0.25) is 0 Å². The van der Waals surface area contributed by atoms with E-state index in [1.807, 2.05) is 13.8 Å². The molecule has 1 fully saturated rings. The third-order valence-electron chi connectivity index (χ3n) is 2.25. The average Bonchev–Trinajstić information content (AvgIpc) is 2.18. The van der Waals surface area contributed by atoms with Gasteiger partial charge in [-0.05, 0) is 13.8 Å². The minimum atomic E-state index is -1.27. The first-order valence-corrected chi connectivity index (χ1v) is 5.87. The van der Waals surface area contributed by atoms with Gasteiger partial charge in [0.05, 0.1) is 24.1 Å². The molecule has 0 aromatic rings. The molecule has 15 heavy (non-hydrogen) atoms. The van der Waals surface area contributed by atoms with Crippen molar-refractivity contribution in [2.75, 3.05) is 6.61 Å². The number of aliphatic hydroxyl groups excluding tert-OH is 4. The molecule has 1 rings (SSSR count). The Bertz CT molecular complexity index is 199. The van der Waals surface area contributed by atoms with Gasteiger partial charge in [0.15, 0.2) is 0 Å². The molecule has 5 atom stereocenters. The van der Waals surface area contributed by atoms with Crippen molar-refractivity contribution in [2.24, 2.45) is 0 Å². The fourth-order valence-corrected chi connectivity index (χ4v) is 2.81. The molecule has 0 aromatic carbocycles. The van der Waals surface area contributed by atoms with Crippen LogP contribution in [0.1, 0.15) is 13.8 Å². The second-order valence-electron chi connectivity index (χ2n) is 3.88. The zero-order valence-electron chi connectivity index (χ0n) is 8.78. The Labute approximate surface area is 93.1 Å². The van der Waals surface area contributed by atoms with Crippen molar-refractivity contribution in [3.05, 3.63) is 0 Å². The highest BCUT2D eigenvalue weighted by molar-refractivity contribution is 8.00. The van der Waals surface area contributed by atoms with Crippen LogP contribution in [0.4, 0.5) is 0 Å². The van der Waals surface area contributed by atoms with E-state index in [0.29, 0.717) is 0 Å². The van der Waals surface area contributed by atoms with Crippen molar-refractivity contribution in [3.63, 3.8) is 0 Å². The minimum Gasteiger partial charge on any atom is -0.395 e. The Morgan fingerprint density at radius 3 is 2.20 bits per heavy atom. The van der Waals surface area contributed by atoms with E-state index in [1.165, 1.54) is 0 Å². The van der Waals surface area contributed by atoms with Crippen LogP contribution in [0.3, 0.4) is 0 Å². The van der Waals surface area contributed by atoms with Crippen LogP contribution in [0, 0.1) is 0 Å². The fraction of sp³-hybridized carbons (Fsp3) is 1.00. The van der Waals surface area contributed by atoms with Crippen molar-refractivity contribution < 1.29 is 25.2 Å². The maximum Gasteiger partial charge on any atom is 0.132 e. The SMILES string of the molecule is CC(C)O[C@H]1S[C@@H](CO)[C@H](O)[C@H](O)[C@H]1O. The van der Waals surface area contributed by atoms with Crippen LogP contribution in [0.5, 0.6) is 0 Å². The van der Waals surface area contributed by atoms with Gasteiger partial charge >= 0.3 is 0 Å². The molecular formula is C9H18O5S. The summed E-state index contributed by atoms with van der Waals surface area (Å²) in [7, 11) is 0. The molecule has 0 aromatic heterocycles. The molecule has 0 radical (unpaired) electrons. The molecule has 0 aliphatic carbocycles. The molecule has 0 saturated carbocycles. The second-order valence-corrected chi connectivity index (χ2v) is 5.22. The summed E-state index contributed by atoms with van der Waals surface area (Å²) >= 11 is 1.15. The van der Waals surface area contributed by atoms with E-state index in [2.05, 4.69) is 0 Å². The van der Waals surface area contributed by atoms with Gasteiger partial charge in [-0.1, -0.05) is 0 Å². The zero-order valence-corrected chi connectivity index (χ0v) is 9.59. The normalized spacial score (nSPS) is 42.2. The largest absolute Gasteiger partial charge is 0.395 e. The molecule has 0 spiro atoms. The van der Waals surface area contributed by atoms with E-state index in [9.17, 15) is 15.3 Å². The average molecular weight is 238 g/mol. The molecule has 6 heteroatoms. The van der Waals surface area contributed by atoms with Crippen LogP contribution < -0.4 is 0 Å². The third-order valence-corrected chi connectivity index (χ3v) is 3.69. The van der Waals surface area contributed by atoms with Gasteiger partial charge in [0.2, 0.25) is 0 Å². The first kappa shape index (κ1) is 13.2. The summed E-state index contributed by atoms with van der Waals surface area (Å²) < 4.78 is 5.38. The van der Waals surface area contributed by atoms with Crippen molar-refractivity contribution in [3.8, 4) is 0 Å². The third kappa shape index (κ3) is 3.05. The highest BCUT2D eigenvalue weighted by Gasteiger charge is 2.43. The number of ether oxygens (including phenoxy) is 1. The van der Waals surface area contributed by atoms with E-state index in [0.717, 1.165) is 11.8 Å². The van der Waals surface area contributed by atoms with Gasteiger partial charge in [0.1, 0.15) is 17.6 Å². The van der Waals surface area contributed by atoms with E-state index in [1.54, 1.807) is 0 Å². The molecular weight excluding hydrogens is 220 g/mol. The Hall–Kier alpha value is 0.150. The first-order chi connectivity index (χ1) is 6.97. The molecule has 0 amide bonds. The van der Waals surface area contributed by atoms with Gasteiger partial charge in [0, 0.05) is 0 Å². The number of thioether (sulfide) groups is 1. The van der Waals surface area contributed by atoms with Crippen LogP contribution >= 0.6 is 11.8 Å². The molecule has 0 bridgehead atoms. The van der Waals surface area contributed by atoms with E-state index in [4.69, 9.17) is 9.84 Å². The summed E-state index contributed by atoms with van der Waals surface area (Å²) in [6.07, 6.45) is -3.61. The Morgan fingerprint density at radius 2 is 1.73 bits per heavy atom. The Balaban J connectivity index is 2.65. The number of hydrogen-bond donors (Lipinski definition) is 4. The highest BCUT2D eigenvalue weighted by Crippen LogP contribution is 2.33. The van der Waals surface area contributed by atoms with E-state index < -0.39 is 29.0 Å². The van der Waals surface area contributed by atoms with E-state index in [-0.39, 0.29) is 12.7 Å². The number of rotatable bonds is 3. The van der Waals surface area contributed by atoms with Gasteiger partial charge in [-0.15, -0.1) is 11.8 Å². The molecule has 5 nitrogen and oxygen atoms in total. The summed E-state index contributed by atoms with van der Waals surface area (Å²) in [5.41, 5.74) is -0.611. The summed E-state index contributed by atoms with van der Waals surface area (Å²) in [5.74, 6) is 0. The van der Waals surface area contributed by atoms with Crippen LogP contribution in [0.25, 0.3) is 0 Å². The smallest absolute Gasteiger partial charge is 0.132 e. The highest BCUT2D eigenvalue weighted by atomic mass is 32.2. The minimum absolute atomic E-state index is 0.0843. The number of hydrogen-bond acceptors (Lipinski definition) is 6. The Morgan fingerprint density at radius 1 is 1.13 bits per heavy atom. The predicted octanol–water partition coefficient (Wildman–Crippen LogP) is -1.07. The quantitative estimate of drug-likeness (QED) is 0.500. The lowest BCUT2D eigenvalue weighted by molar-refractivity contribution is -0.117. The lowest BCUT2D eigenvalue weighted by atomic mass is 10.0. The fourth-order valence-electron chi connectivity index (χ4n) is 1.45. The van der Waals surface area contributed by atoms with Gasteiger partial charge in [-0.3, -0.25) is 0 Å². The van der Waals surface area contributed by atoms with Gasteiger partial charge in [-0.2, -0.15) is 0 Å². The molecule has 90 valence electrons. The monoisotopic (exact) mass is 238 g/mol. The Kier molecular flexibility index (Phi) is 4.82. The van der Waals surface area contributed by atoms with Gasteiger partial charge in [-0.25, -0.2) is 0 Å². The van der Waals surface area contributed by atoms with Crippen molar-refractivity contribution in [2.45, 2.75) is 48.9 Å². The first-order valence-electron chi connectivity index (χ1n) is 4.93. The standard InChI is InChI=1S/C9H18O5S/c1-4(2)14-9-8(13)7(12)6(11)5(3-10)15-9/h4-13H,3H2,1-2H3/t5-,6-,7-,8+,9-/m0/s1. The molecule has 4 N–H and O–H groups in total. The van der Waals surface area contributed by atoms with Crippen LogP contribution in [-0.4, -0.2) is 62.1 Å². The van der Waals surface area contributed by atoms with E-state index >= 15 is 0 Å². The van der Waals surface area contributed by atoms with Gasteiger partial charge < -0.3 is 25.2 Å². The van der Waals surface area contributed by atoms with Crippen LogP contribution in [0.15, 0.2) is 0 Å². The topological polar surface area (TPSA) is 90.2 Å². The van der Waals surface area contributed by atoms with Gasteiger partial charge in [0.25, 0.3) is 0 Å². The van der Waals surface area contributed by atoms with Crippen molar-refractivity contribution in [1.29, 1.82) is 0 Å². The van der Waals surface area contributed by atoms with Crippen molar-refractivity contribution in [1.82, 2.24) is 0 Å². The molecule has 0 unspecified atom stereocenters. The predicted molar refractivity (Wildman–Crippen MR) is 56.5 cm³/mol.